The molecule has 25 heavy (non-hydrogen) atoms. The summed E-state index contributed by atoms with van der Waals surface area (Å²) >= 11 is 0. The van der Waals surface area contributed by atoms with Crippen molar-refractivity contribution in [3.63, 3.8) is 0 Å². The van der Waals surface area contributed by atoms with Gasteiger partial charge in [-0.05, 0) is 31.5 Å². The summed E-state index contributed by atoms with van der Waals surface area (Å²) in [5.41, 5.74) is 1.08. The Hall–Kier alpha value is -2.47. The number of carbonyl (C=O) groups is 3. The fourth-order valence-electron chi connectivity index (χ4n) is 3.26. The third kappa shape index (κ3) is 3.96. The molecule has 2 amide bonds. The van der Waals surface area contributed by atoms with Gasteiger partial charge in [-0.25, -0.2) is 4.90 Å². The van der Waals surface area contributed by atoms with E-state index in [1.54, 1.807) is 24.3 Å². The number of esters is 1. The normalized spacial score (nSPS) is 25.2. The smallest absolute Gasteiger partial charge is 0.310 e. The molecule has 1 fully saturated rings. The second-order valence-corrected chi connectivity index (χ2v) is 6.74. The second-order valence-electron chi connectivity index (χ2n) is 6.74. The molecular formula is C19H21NO5. The first-order chi connectivity index (χ1) is 11.9. The van der Waals surface area contributed by atoms with Crippen molar-refractivity contribution < 1.29 is 23.9 Å². The van der Waals surface area contributed by atoms with Crippen molar-refractivity contribution in [2.45, 2.75) is 44.8 Å². The molecule has 3 rings (SSSR count). The minimum absolute atomic E-state index is 0.147. The van der Waals surface area contributed by atoms with E-state index in [0.717, 1.165) is 16.9 Å². The molecule has 0 radical (unpaired) electrons. The Morgan fingerprint density at radius 2 is 1.84 bits per heavy atom. The van der Waals surface area contributed by atoms with Gasteiger partial charge in [-0.15, -0.1) is 0 Å². The Morgan fingerprint density at radius 3 is 2.40 bits per heavy atom. The van der Waals surface area contributed by atoms with Crippen molar-refractivity contribution in [2.24, 2.45) is 0 Å². The zero-order valence-corrected chi connectivity index (χ0v) is 14.4. The number of carbonyl (C=O) groups excluding carboxylic acids is 3. The highest BCUT2D eigenvalue weighted by Gasteiger charge is 2.38. The molecule has 132 valence electrons. The Kier molecular flexibility index (Phi) is 4.72. The molecule has 0 aliphatic carbocycles. The molecule has 2 aliphatic heterocycles. The minimum Gasteiger partial charge on any atom is -0.465 e. The van der Waals surface area contributed by atoms with Crippen molar-refractivity contribution in [3.05, 3.63) is 42.0 Å². The van der Waals surface area contributed by atoms with Crippen molar-refractivity contribution in [1.82, 2.24) is 0 Å². The van der Waals surface area contributed by atoms with Gasteiger partial charge >= 0.3 is 5.97 Å². The number of hydrogen-bond donors (Lipinski definition) is 0. The second kappa shape index (κ2) is 6.80. The van der Waals surface area contributed by atoms with E-state index in [0.29, 0.717) is 18.7 Å². The summed E-state index contributed by atoms with van der Waals surface area (Å²) in [5, 5.41) is 0. The first kappa shape index (κ1) is 17.4. The van der Waals surface area contributed by atoms with Gasteiger partial charge in [0, 0.05) is 25.0 Å². The molecule has 0 spiro atoms. The number of anilines is 1. The lowest BCUT2D eigenvalue weighted by molar-refractivity contribution is -0.196. The summed E-state index contributed by atoms with van der Waals surface area (Å²) in [5.74, 6) is -1.03. The van der Waals surface area contributed by atoms with Crippen LogP contribution < -0.4 is 4.90 Å². The van der Waals surface area contributed by atoms with Crippen LogP contribution in [-0.4, -0.2) is 36.1 Å². The van der Waals surface area contributed by atoms with Crippen molar-refractivity contribution in [1.29, 1.82) is 0 Å². The lowest BCUT2D eigenvalue weighted by Gasteiger charge is -2.44. The highest BCUT2D eigenvalue weighted by atomic mass is 16.5. The summed E-state index contributed by atoms with van der Waals surface area (Å²) in [6.45, 7) is 4.38. The van der Waals surface area contributed by atoms with Crippen LogP contribution in [0.2, 0.25) is 0 Å². The van der Waals surface area contributed by atoms with Gasteiger partial charge in [0.2, 0.25) is 0 Å². The molecule has 0 N–H and O–H groups in total. The lowest BCUT2D eigenvalue weighted by atomic mass is 9.89. The van der Waals surface area contributed by atoms with Crippen LogP contribution in [0.15, 0.2) is 36.4 Å². The van der Waals surface area contributed by atoms with Gasteiger partial charge in [0.1, 0.15) is 0 Å². The molecule has 2 atom stereocenters. The van der Waals surface area contributed by atoms with E-state index < -0.39 is 0 Å². The van der Waals surface area contributed by atoms with Gasteiger partial charge in [0.15, 0.2) is 0 Å². The molecule has 1 saturated heterocycles. The Labute approximate surface area is 146 Å². The van der Waals surface area contributed by atoms with E-state index in [4.69, 9.17) is 9.47 Å². The maximum absolute atomic E-state index is 11.9. The Morgan fingerprint density at radius 1 is 1.24 bits per heavy atom. The lowest BCUT2D eigenvalue weighted by Crippen LogP contribution is -2.47. The van der Waals surface area contributed by atoms with Crippen LogP contribution >= 0.6 is 0 Å². The fraction of sp³-hybridized carbons (Fsp3) is 0.421. The average molecular weight is 343 g/mol. The number of hydrogen-bond acceptors (Lipinski definition) is 5. The predicted molar refractivity (Wildman–Crippen MR) is 90.9 cm³/mol. The molecule has 2 unspecified atom stereocenters. The fourth-order valence-corrected chi connectivity index (χ4v) is 3.26. The maximum atomic E-state index is 11.9. The third-order valence-electron chi connectivity index (χ3n) is 4.45. The molecule has 2 heterocycles. The summed E-state index contributed by atoms with van der Waals surface area (Å²) < 4.78 is 10.9. The van der Waals surface area contributed by atoms with E-state index in [2.05, 4.69) is 0 Å². The van der Waals surface area contributed by atoms with Crippen LogP contribution in [0.25, 0.3) is 0 Å². The Balaban J connectivity index is 1.47. The van der Waals surface area contributed by atoms with Crippen LogP contribution in [0.3, 0.4) is 0 Å². The molecule has 6 heteroatoms. The Bertz CT molecular complexity index is 698. The summed E-state index contributed by atoms with van der Waals surface area (Å²) in [6, 6.07) is 6.73. The van der Waals surface area contributed by atoms with Crippen molar-refractivity contribution in [2.75, 3.05) is 11.5 Å². The topological polar surface area (TPSA) is 72.9 Å². The molecular weight excluding hydrogens is 322 g/mol. The van der Waals surface area contributed by atoms with Crippen LogP contribution in [0.5, 0.6) is 0 Å². The molecule has 2 aliphatic rings. The van der Waals surface area contributed by atoms with E-state index >= 15 is 0 Å². The molecule has 1 aromatic carbocycles. The number of ether oxygens (including phenoxy) is 2. The van der Waals surface area contributed by atoms with Gasteiger partial charge in [-0.2, -0.15) is 0 Å². The number of rotatable bonds is 6. The number of nitrogens with zero attached hydrogens (tertiary/aromatic N) is 1. The number of benzene rings is 1. The zero-order valence-electron chi connectivity index (χ0n) is 14.4. The number of imide groups is 1. The standard InChI is InChI=1S/C19H21NO5/c1-13-12-19(2,25-13)9-10-24-18(23)11-14-3-5-15(6-4-14)20-16(21)7-8-17(20)22/h3-8,13H,9-12H2,1-2H3. The zero-order chi connectivity index (χ0) is 18.0. The molecule has 1 aromatic rings. The highest BCUT2D eigenvalue weighted by molar-refractivity contribution is 6.28. The van der Waals surface area contributed by atoms with Crippen LogP contribution in [0.1, 0.15) is 32.3 Å². The quantitative estimate of drug-likeness (QED) is 0.585. The first-order valence-corrected chi connectivity index (χ1v) is 8.35. The minimum atomic E-state index is -0.363. The molecule has 6 nitrogen and oxygen atoms in total. The van der Waals surface area contributed by atoms with Crippen molar-refractivity contribution in [3.8, 4) is 0 Å². The van der Waals surface area contributed by atoms with Crippen LogP contribution in [-0.2, 0) is 30.3 Å². The molecule has 0 aromatic heterocycles. The van der Waals surface area contributed by atoms with Gasteiger partial charge in [-0.1, -0.05) is 12.1 Å². The van der Waals surface area contributed by atoms with Gasteiger partial charge in [0.05, 0.1) is 30.4 Å². The van der Waals surface area contributed by atoms with Crippen LogP contribution in [0.4, 0.5) is 5.69 Å². The number of amides is 2. The SMILES string of the molecule is CC1CC(C)(CCOC(=O)Cc2ccc(N3C(=O)C=CC3=O)cc2)O1. The third-order valence-corrected chi connectivity index (χ3v) is 4.45. The average Bonchev–Trinajstić information content (AvgIpc) is 2.86. The van der Waals surface area contributed by atoms with Crippen molar-refractivity contribution >= 4 is 23.5 Å². The predicted octanol–water partition coefficient (Wildman–Crippen LogP) is 2.16. The molecule has 0 bridgehead atoms. The summed E-state index contributed by atoms with van der Waals surface area (Å²) in [7, 11) is 0. The monoisotopic (exact) mass is 343 g/mol. The summed E-state index contributed by atoms with van der Waals surface area (Å²) in [4.78, 5) is 36.3. The van der Waals surface area contributed by atoms with Gasteiger partial charge in [0.25, 0.3) is 11.8 Å². The largest absolute Gasteiger partial charge is 0.465 e. The van der Waals surface area contributed by atoms with Gasteiger partial charge < -0.3 is 9.47 Å². The summed E-state index contributed by atoms with van der Waals surface area (Å²) in [6.07, 6.45) is 4.57. The molecule has 0 saturated carbocycles. The van der Waals surface area contributed by atoms with E-state index in [9.17, 15) is 14.4 Å². The van der Waals surface area contributed by atoms with E-state index in [-0.39, 0.29) is 35.9 Å². The van der Waals surface area contributed by atoms with E-state index in [1.165, 1.54) is 12.2 Å². The maximum Gasteiger partial charge on any atom is 0.310 e. The van der Waals surface area contributed by atoms with Crippen LogP contribution in [0, 0.1) is 0 Å². The first-order valence-electron chi connectivity index (χ1n) is 8.35. The van der Waals surface area contributed by atoms with E-state index in [1.807, 2.05) is 13.8 Å². The van der Waals surface area contributed by atoms with Gasteiger partial charge in [-0.3, -0.25) is 14.4 Å². The highest BCUT2D eigenvalue weighted by Crippen LogP contribution is 2.34.